The van der Waals surface area contributed by atoms with E-state index in [0.717, 1.165) is 5.56 Å². The summed E-state index contributed by atoms with van der Waals surface area (Å²) < 4.78 is 28.4. The molecule has 0 saturated carbocycles. The quantitative estimate of drug-likeness (QED) is 0.748. The van der Waals surface area contributed by atoms with Gasteiger partial charge in [0.1, 0.15) is 16.6 Å². The van der Waals surface area contributed by atoms with E-state index in [1.165, 1.54) is 29.2 Å². The van der Waals surface area contributed by atoms with Crippen molar-refractivity contribution in [3.05, 3.63) is 57.8 Å². The smallest absolute Gasteiger partial charge is 0.387 e. The first kappa shape index (κ1) is 17.4. The van der Waals surface area contributed by atoms with E-state index in [1.54, 1.807) is 19.2 Å². The summed E-state index contributed by atoms with van der Waals surface area (Å²) in [5.74, 6) is -0.345. The van der Waals surface area contributed by atoms with Crippen molar-refractivity contribution in [2.75, 3.05) is 7.05 Å². The molecule has 8 heteroatoms. The summed E-state index contributed by atoms with van der Waals surface area (Å²) in [6.07, 6.45) is 0. The van der Waals surface area contributed by atoms with E-state index < -0.39 is 12.5 Å². The number of carbonyl (C=O) groups is 1. The third-order valence-corrected chi connectivity index (χ3v) is 3.45. The zero-order valence-corrected chi connectivity index (χ0v) is 13.5. The minimum Gasteiger partial charge on any atom is -0.435 e. The minimum absolute atomic E-state index is 0.0530. The van der Waals surface area contributed by atoms with Crippen LogP contribution in [0.1, 0.15) is 16.1 Å². The van der Waals surface area contributed by atoms with E-state index in [1.807, 2.05) is 0 Å². The molecule has 4 nitrogen and oxygen atoms in total. The monoisotopic (exact) mass is 360 g/mol. The van der Waals surface area contributed by atoms with Gasteiger partial charge in [-0.2, -0.15) is 8.78 Å². The lowest BCUT2D eigenvalue weighted by atomic mass is 10.2. The standard InChI is InChI=1S/C15H12Cl2F2N2O2/c1-21(14(22)13-11(16)6-7-12(17)20-13)8-9-2-4-10(5-3-9)23-15(18)19/h2-7,15H,8H2,1H3. The van der Waals surface area contributed by atoms with Gasteiger partial charge in [-0.25, -0.2) is 4.98 Å². The van der Waals surface area contributed by atoms with E-state index in [2.05, 4.69) is 9.72 Å². The van der Waals surface area contributed by atoms with Crippen molar-refractivity contribution in [3.63, 3.8) is 0 Å². The highest BCUT2D eigenvalue weighted by molar-refractivity contribution is 6.34. The van der Waals surface area contributed by atoms with Crippen LogP contribution in [-0.2, 0) is 6.54 Å². The third kappa shape index (κ3) is 4.77. The maximum absolute atomic E-state index is 12.3. The molecule has 1 aromatic carbocycles. The topological polar surface area (TPSA) is 42.4 Å². The van der Waals surface area contributed by atoms with Crippen LogP contribution in [0, 0.1) is 0 Å². The molecule has 2 aromatic rings. The summed E-state index contributed by atoms with van der Waals surface area (Å²) in [6.45, 7) is -2.63. The molecule has 2 rings (SSSR count). The maximum atomic E-state index is 12.3. The largest absolute Gasteiger partial charge is 0.435 e. The van der Waals surface area contributed by atoms with Gasteiger partial charge in [-0.15, -0.1) is 0 Å². The van der Waals surface area contributed by atoms with Crippen LogP contribution >= 0.6 is 23.2 Å². The molecular weight excluding hydrogens is 349 g/mol. The Balaban J connectivity index is 2.07. The normalized spacial score (nSPS) is 10.7. The SMILES string of the molecule is CN(Cc1ccc(OC(F)F)cc1)C(=O)c1nc(Cl)ccc1Cl. The van der Waals surface area contributed by atoms with Crippen LogP contribution < -0.4 is 4.74 Å². The molecule has 0 aliphatic carbocycles. The molecule has 0 N–H and O–H groups in total. The van der Waals surface area contributed by atoms with Gasteiger partial charge in [0.2, 0.25) is 0 Å². The molecule has 1 amide bonds. The number of hydrogen-bond acceptors (Lipinski definition) is 3. The van der Waals surface area contributed by atoms with Gasteiger partial charge in [0.05, 0.1) is 5.02 Å². The van der Waals surface area contributed by atoms with E-state index in [0.29, 0.717) is 0 Å². The van der Waals surface area contributed by atoms with Gasteiger partial charge in [-0.3, -0.25) is 4.79 Å². The second-order valence-corrected chi connectivity index (χ2v) is 5.44. The molecule has 0 aliphatic heterocycles. The highest BCUT2D eigenvalue weighted by atomic mass is 35.5. The molecule has 0 aliphatic rings. The molecule has 0 unspecified atom stereocenters. The Labute approximate surface area is 141 Å². The van der Waals surface area contributed by atoms with Crippen molar-refractivity contribution in [1.82, 2.24) is 9.88 Å². The van der Waals surface area contributed by atoms with Gasteiger partial charge in [0, 0.05) is 13.6 Å². The molecular formula is C15H12Cl2F2N2O2. The predicted octanol–water partition coefficient (Wildman–Crippen LogP) is 4.26. The van der Waals surface area contributed by atoms with Crippen molar-refractivity contribution in [2.24, 2.45) is 0 Å². The lowest BCUT2D eigenvalue weighted by molar-refractivity contribution is -0.0498. The van der Waals surface area contributed by atoms with Gasteiger partial charge in [-0.05, 0) is 29.8 Å². The Morgan fingerprint density at radius 3 is 2.48 bits per heavy atom. The summed E-state index contributed by atoms with van der Waals surface area (Å²) in [6, 6.07) is 8.98. The van der Waals surface area contributed by atoms with Gasteiger partial charge in [-0.1, -0.05) is 35.3 Å². The number of aromatic nitrogens is 1. The first-order valence-electron chi connectivity index (χ1n) is 6.48. The second-order valence-electron chi connectivity index (χ2n) is 4.65. The molecule has 0 bridgehead atoms. The lowest BCUT2D eigenvalue weighted by Gasteiger charge is -2.17. The van der Waals surface area contributed by atoms with E-state index in [-0.39, 0.29) is 28.2 Å². The summed E-state index contributed by atoms with van der Waals surface area (Å²) in [4.78, 5) is 17.6. The molecule has 1 heterocycles. The fourth-order valence-electron chi connectivity index (χ4n) is 1.87. The first-order chi connectivity index (χ1) is 10.9. The van der Waals surface area contributed by atoms with Crippen LogP contribution in [0.4, 0.5) is 8.78 Å². The molecule has 0 radical (unpaired) electrons. The maximum Gasteiger partial charge on any atom is 0.387 e. The summed E-state index contributed by atoms with van der Waals surface area (Å²) >= 11 is 11.7. The lowest BCUT2D eigenvalue weighted by Crippen LogP contribution is -2.27. The number of amides is 1. The Hall–Kier alpha value is -1.92. The van der Waals surface area contributed by atoms with E-state index in [9.17, 15) is 13.6 Å². The number of pyridine rings is 1. The van der Waals surface area contributed by atoms with Crippen LogP contribution in [0.25, 0.3) is 0 Å². The van der Waals surface area contributed by atoms with E-state index >= 15 is 0 Å². The number of ether oxygens (including phenoxy) is 1. The molecule has 23 heavy (non-hydrogen) atoms. The zero-order chi connectivity index (χ0) is 17.0. The van der Waals surface area contributed by atoms with Gasteiger partial charge in [0.15, 0.2) is 0 Å². The average molecular weight is 361 g/mol. The molecule has 0 spiro atoms. The highest BCUT2D eigenvalue weighted by Crippen LogP contribution is 2.20. The zero-order valence-electron chi connectivity index (χ0n) is 12.0. The van der Waals surface area contributed by atoms with Crippen molar-refractivity contribution >= 4 is 29.1 Å². The highest BCUT2D eigenvalue weighted by Gasteiger charge is 2.17. The molecule has 122 valence electrons. The van der Waals surface area contributed by atoms with Crippen LogP contribution in [0.5, 0.6) is 5.75 Å². The number of alkyl halides is 2. The first-order valence-corrected chi connectivity index (χ1v) is 7.23. The Morgan fingerprint density at radius 1 is 1.22 bits per heavy atom. The third-order valence-electron chi connectivity index (χ3n) is 2.93. The number of benzene rings is 1. The number of halogens is 4. The van der Waals surface area contributed by atoms with Crippen LogP contribution in [0.2, 0.25) is 10.2 Å². The minimum atomic E-state index is -2.87. The van der Waals surface area contributed by atoms with Crippen molar-refractivity contribution in [1.29, 1.82) is 0 Å². The predicted molar refractivity (Wildman–Crippen MR) is 83.1 cm³/mol. The van der Waals surface area contributed by atoms with Gasteiger partial charge >= 0.3 is 6.61 Å². The molecule has 1 aromatic heterocycles. The van der Waals surface area contributed by atoms with Gasteiger partial charge < -0.3 is 9.64 Å². The van der Waals surface area contributed by atoms with Crippen molar-refractivity contribution in [2.45, 2.75) is 13.2 Å². The van der Waals surface area contributed by atoms with Crippen molar-refractivity contribution < 1.29 is 18.3 Å². The fraction of sp³-hybridized carbons (Fsp3) is 0.200. The molecule has 0 fully saturated rings. The summed E-state index contributed by atoms with van der Waals surface area (Å²) in [5, 5.41) is 0.367. The Morgan fingerprint density at radius 2 is 1.87 bits per heavy atom. The summed E-state index contributed by atoms with van der Waals surface area (Å²) in [7, 11) is 1.57. The Kier molecular flexibility index (Phi) is 5.74. The number of nitrogens with zero attached hydrogens (tertiary/aromatic N) is 2. The van der Waals surface area contributed by atoms with Crippen LogP contribution in [0.15, 0.2) is 36.4 Å². The van der Waals surface area contributed by atoms with Crippen LogP contribution in [-0.4, -0.2) is 29.5 Å². The Bertz CT molecular complexity index is 696. The van der Waals surface area contributed by atoms with E-state index in [4.69, 9.17) is 23.2 Å². The number of rotatable bonds is 5. The van der Waals surface area contributed by atoms with Crippen LogP contribution in [0.3, 0.4) is 0 Å². The number of hydrogen-bond donors (Lipinski definition) is 0. The number of carbonyl (C=O) groups excluding carboxylic acids is 1. The molecule has 0 atom stereocenters. The fourth-order valence-corrected chi connectivity index (χ4v) is 2.20. The second kappa shape index (κ2) is 7.57. The molecule has 0 saturated heterocycles. The summed E-state index contributed by atoms with van der Waals surface area (Å²) in [5.41, 5.74) is 0.792. The van der Waals surface area contributed by atoms with Crippen molar-refractivity contribution in [3.8, 4) is 5.75 Å². The van der Waals surface area contributed by atoms with Gasteiger partial charge in [0.25, 0.3) is 5.91 Å². The average Bonchev–Trinajstić information content (AvgIpc) is 2.50.